The Morgan fingerprint density at radius 1 is 1.04 bits per heavy atom. The van der Waals surface area contributed by atoms with E-state index in [9.17, 15) is 22.8 Å². The predicted octanol–water partition coefficient (Wildman–Crippen LogP) is 6.25. The van der Waals surface area contributed by atoms with Gasteiger partial charge in [0.15, 0.2) is 11.3 Å². The van der Waals surface area contributed by atoms with E-state index in [-0.39, 0.29) is 30.7 Å². The number of pyridine rings is 1. The molecule has 0 radical (unpaired) electrons. The molecular weight excluding hydrogens is 735 g/mol. The van der Waals surface area contributed by atoms with E-state index in [1.807, 2.05) is 43.6 Å². The molecule has 1 unspecified atom stereocenters. The van der Waals surface area contributed by atoms with Crippen molar-refractivity contribution >= 4 is 34.4 Å². The minimum atomic E-state index is -4.64. The van der Waals surface area contributed by atoms with Gasteiger partial charge in [0.1, 0.15) is 6.04 Å². The largest absolute Gasteiger partial charge is 0.435 e. The van der Waals surface area contributed by atoms with Crippen molar-refractivity contribution in [1.29, 1.82) is 0 Å². The number of aromatic nitrogens is 7. The summed E-state index contributed by atoms with van der Waals surface area (Å²) in [5.74, 6) is -0.625. The Bertz CT molecular complexity index is 2170. The number of amides is 2. The third-order valence-electron chi connectivity index (χ3n) is 10.6. The summed E-state index contributed by atoms with van der Waals surface area (Å²) in [5, 5.41) is 19.5. The number of hydrogen-bond donors (Lipinski definition) is 2. The Morgan fingerprint density at radius 2 is 1.82 bits per heavy atom. The summed E-state index contributed by atoms with van der Waals surface area (Å²) >= 11 is 6.30. The number of aryl methyl sites for hydroxylation is 2. The van der Waals surface area contributed by atoms with Crippen LogP contribution in [0.3, 0.4) is 0 Å². The summed E-state index contributed by atoms with van der Waals surface area (Å²) in [7, 11) is 3.62. The third kappa shape index (κ3) is 8.42. The van der Waals surface area contributed by atoms with Gasteiger partial charge in [0.25, 0.3) is 0 Å². The number of hydrogen-bond acceptors (Lipinski definition) is 7. The Kier molecular flexibility index (Phi) is 10.5. The molecule has 16 heteroatoms. The van der Waals surface area contributed by atoms with Crippen molar-refractivity contribution in [1.82, 2.24) is 45.0 Å². The smallest absolute Gasteiger partial charge is 0.372 e. The monoisotopic (exact) mass is 779 g/mol. The Labute approximate surface area is 321 Å². The molecule has 5 heterocycles. The molecule has 4 atom stereocenters. The molecule has 55 heavy (non-hydrogen) atoms. The number of rotatable bonds is 13. The van der Waals surface area contributed by atoms with Crippen LogP contribution in [0.25, 0.3) is 22.2 Å². The lowest BCUT2D eigenvalue weighted by Crippen LogP contribution is -2.56. The summed E-state index contributed by atoms with van der Waals surface area (Å²) in [5.41, 5.74) is 1.74. The minimum Gasteiger partial charge on any atom is -0.372 e. The second-order valence-electron chi connectivity index (χ2n) is 15.5. The Hall–Kier alpha value is -4.76. The van der Waals surface area contributed by atoms with E-state index in [0.29, 0.717) is 37.2 Å². The van der Waals surface area contributed by atoms with Crippen LogP contribution in [0, 0.1) is 5.41 Å². The van der Waals surface area contributed by atoms with E-state index < -0.39 is 40.9 Å². The van der Waals surface area contributed by atoms with Crippen LogP contribution in [0.1, 0.15) is 80.5 Å². The van der Waals surface area contributed by atoms with Gasteiger partial charge in [0, 0.05) is 62.5 Å². The van der Waals surface area contributed by atoms with Crippen molar-refractivity contribution < 1.29 is 27.5 Å². The summed E-state index contributed by atoms with van der Waals surface area (Å²) in [6.45, 7) is 3.83. The first kappa shape index (κ1) is 38.5. The fourth-order valence-electron chi connectivity index (χ4n) is 7.74. The maximum absolute atomic E-state index is 14.3. The third-order valence-corrected chi connectivity index (χ3v) is 10.8. The zero-order valence-electron chi connectivity index (χ0n) is 31.2. The molecule has 2 N–H and O–H groups in total. The maximum atomic E-state index is 14.3. The number of alkyl halides is 4. The van der Waals surface area contributed by atoms with Crippen molar-refractivity contribution in [2.45, 2.75) is 88.7 Å². The normalized spacial score (nSPS) is 20.7. The van der Waals surface area contributed by atoms with Crippen molar-refractivity contribution in [3.63, 3.8) is 0 Å². The summed E-state index contributed by atoms with van der Waals surface area (Å²) in [6.07, 6.45) is 5.30. The molecule has 0 spiro atoms. The molecule has 1 aromatic carbocycles. The second kappa shape index (κ2) is 15.1. The number of benzene rings is 1. The molecule has 292 valence electrons. The first-order valence-corrected chi connectivity index (χ1v) is 19.0. The highest BCUT2D eigenvalue weighted by Gasteiger charge is 2.60. The molecule has 1 aliphatic heterocycles. The fraction of sp³-hybridized carbons (Fsp3) is 0.487. The number of nitrogens with one attached hydrogen (secondary N) is 2. The molecule has 5 aromatic rings. The van der Waals surface area contributed by atoms with Crippen LogP contribution in [-0.4, -0.2) is 70.2 Å². The van der Waals surface area contributed by atoms with Gasteiger partial charge >= 0.3 is 6.18 Å². The number of ether oxygens (including phenoxy) is 1. The van der Waals surface area contributed by atoms with Crippen molar-refractivity contribution in [3.05, 3.63) is 83.7 Å². The Morgan fingerprint density at radius 3 is 2.49 bits per heavy atom. The molecule has 2 fully saturated rings. The summed E-state index contributed by atoms with van der Waals surface area (Å²) in [4.78, 5) is 32.9. The van der Waals surface area contributed by atoms with Crippen LogP contribution in [0.2, 0.25) is 0 Å². The van der Waals surface area contributed by atoms with Gasteiger partial charge < -0.3 is 15.4 Å². The van der Waals surface area contributed by atoms with Crippen LogP contribution in [0.5, 0.6) is 0 Å². The van der Waals surface area contributed by atoms with Gasteiger partial charge in [-0.15, -0.1) is 11.6 Å². The lowest BCUT2D eigenvalue weighted by molar-refractivity contribution is -0.141. The number of nitrogens with zero attached hydrogens (tertiary/aromatic N) is 7. The minimum absolute atomic E-state index is 0.0576. The van der Waals surface area contributed by atoms with Gasteiger partial charge in [0.05, 0.1) is 35.5 Å². The molecule has 0 bridgehead atoms. The van der Waals surface area contributed by atoms with E-state index in [1.165, 1.54) is 4.68 Å². The van der Waals surface area contributed by atoms with Gasteiger partial charge in [-0.2, -0.15) is 28.5 Å². The average molecular weight is 780 g/mol. The van der Waals surface area contributed by atoms with Gasteiger partial charge in [-0.1, -0.05) is 24.3 Å². The molecule has 1 aliphatic carbocycles. The van der Waals surface area contributed by atoms with E-state index in [4.69, 9.17) is 16.3 Å². The quantitative estimate of drug-likeness (QED) is 0.135. The second-order valence-corrected chi connectivity index (χ2v) is 15.9. The van der Waals surface area contributed by atoms with E-state index in [0.717, 1.165) is 46.5 Å². The van der Waals surface area contributed by atoms with Crippen LogP contribution in [-0.2, 0) is 47.6 Å². The van der Waals surface area contributed by atoms with E-state index in [2.05, 4.69) is 30.9 Å². The fourth-order valence-corrected chi connectivity index (χ4v) is 8.08. The van der Waals surface area contributed by atoms with Crippen molar-refractivity contribution in [2.24, 2.45) is 19.5 Å². The highest BCUT2D eigenvalue weighted by atomic mass is 35.5. The molecule has 1 saturated heterocycles. The van der Waals surface area contributed by atoms with E-state index in [1.54, 1.807) is 48.8 Å². The lowest BCUT2D eigenvalue weighted by atomic mass is 9.93. The van der Waals surface area contributed by atoms with Crippen molar-refractivity contribution in [2.75, 3.05) is 12.5 Å². The highest BCUT2D eigenvalue weighted by Crippen LogP contribution is 2.62. The SMILES string of the molecule is Cn1cc(C[C@@H](NC(=O)[C@@]2(CCCl)C[C@@H]2c2ccc(-c3cnc4nn(C)cc4c3)cc2)C(=O)NC(C)(C)Cn2nc(C(F)(F)F)cc2C2CCCCO2)cn1. The first-order valence-electron chi connectivity index (χ1n) is 18.5. The molecule has 12 nitrogen and oxygen atoms in total. The van der Waals surface area contributed by atoms with Crippen LogP contribution >= 0.6 is 11.6 Å². The molecule has 2 amide bonds. The number of carbonyl (C=O) groups excluding carboxylic acids is 2. The summed E-state index contributed by atoms with van der Waals surface area (Å²) in [6, 6.07) is 10.1. The van der Waals surface area contributed by atoms with Gasteiger partial charge in [-0.05, 0) is 80.7 Å². The average Bonchev–Trinajstić information content (AvgIpc) is 3.37. The lowest BCUT2D eigenvalue weighted by Gasteiger charge is -2.31. The van der Waals surface area contributed by atoms with Crippen LogP contribution in [0.4, 0.5) is 13.2 Å². The standard InChI is InChI=1S/C39H45ClF3N9O3/c1-37(2,23-52-31(32-7-5-6-14-55-32)17-33(48-52)39(41,42)43)47-35(53)30(15-24-19-45-50(3)21-24)46-36(54)38(12-13-40)18-29(38)26-10-8-25(9-11-26)27-16-28-22-51(4)49-34(28)44-20-27/h8-11,16-17,19-22,29-30,32H,5-7,12-15,18,23H2,1-4H3,(H,46,54)(H,47,53)/t29-,30-,32?,38+/m1/s1. The van der Waals surface area contributed by atoms with Crippen LogP contribution < -0.4 is 10.6 Å². The molecule has 7 rings (SSSR count). The Balaban J connectivity index is 1.08. The summed E-state index contributed by atoms with van der Waals surface area (Å²) < 4.78 is 51.9. The van der Waals surface area contributed by atoms with Crippen molar-refractivity contribution in [3.8, 4) is 11.1 Å². The number of fused-ring (bicyclic) bond motifs is 1. The molecule has 2 aliphatic rings. The van der Waals surface area contributed by atoms with Crippen LogP contribution in [0.15, 0.2) is 61.2 Å². The zero-order chi connectivity index (χ0) is 39.1. The molecular formula is C39H45ClF3N9O3. The number of carbonyl (C=O) groups is 2. The first-order chi connectivity index (χ1) is 26.1. The topological polar surface area (TPSA) is 134 Å². The van der Waals surface area contributed by atoms with E-state index >= 15 is 0 Å². The highest BCUT2D eigenvalue weighted by molar-refractivity contribution is 6.18. The van der Waals surface area contributed by atoms with Gasteiger partial charge in [0.2, 0.25) is 11.8 Å². The number of halogens is 4. The molecule has 1 saturated carbocycles. The molecule has 4 aromatic heterocycles. The van der Waals surface area contributed by atoms with Gasteiger partial charge in [-0.3, -0.25) is 23.6 Å². The van der Waals surface area contributed by atoms with Gasteiger partial charge in [-0.25, -0.2) is 4.98 Å². The maximum Gasteiger partial charge on any atom is 0.435 e. The predicted molar refractivity (Wildman–Crippen MR) is 200 cm³/mol. The zero-order valence-corrected chi connectivity index (χ0v) is 32.0.